The Bertz CT molecular complexity index is 305. The van der Waals surface area contributed by atoms with Crippen molar-refractivity contribution < 1.29 is 4.74 Å². The van der Waals surface area contributed by atoms with Crippen LogP contribution in [0.5, 0.6) is 0 Å². The first-order valence-corrected chi connectivity index (χ1v) is 5.95. The topological polar surface area (TPSA) is 27.1 Å². The summed E-state index contributed by atoms with van der Waals surface area (Å²) in [6, 6.07) is 0. The van der Waals surface area contributed by atoms with Crippen molar-refractivity contribution in [3.8, 4) is 0 Å². The first-order chi connectivity index (χ1) is 6.83. The lowest BCUT2D eigenvalue weighted by Gasteiger charge is -2.23. The molecule has 0 aromatic carbocycles. The number of rotatable bonds is 2. The molecule has 0 aliphatic carbocycles. The quantitative estimate of drug-likeness (QED) is 0.816. The fraction of sp³-hybridized carbons (Fsp3) is 0.700. The monoisotopic (exact) mass is 258 g/mol. The van der Waals surface area contributed by atoms with Crippen molar-refractivity contribution in [3.05, 3.63) is 16.4 Å². The molecule has 0 radical (unpaired) electrons. The molecule has 1 aliphatic heterocycles. The van der Waals surface area contributed by atoms with E-state index in [1.54, 1.807) is 0 Å². The number of hydrogen-bond donors (Lipinski definition) is 0. The van der Waals surface area contributed by atoms with Gasteiger partial charge in [0.1, 0.15) is 6.10 Å². The predicted octanol–water partition coefficient (Wildman–Crippen LogP) is 2.91. The van der Waals surface area contributed by atoms with E-state index in [2.05, 4.69) is 28.0 Å². The summed E-state index contributed by atoms with van der Waals surface area (Å²) in [4.78, 5) is 0. The second-order valence-electron chi connectivity index (χ2n) is 3.55. The summed E-state index contributed by atoms with van der Waals surface area (Å²) in [7, 11) is 0. The Morgan fingerprint density at radius 2 is 2.50 bits per heavy atom. The van der Waals surface area contributed by atoms with Gasteiger partial charge in [0, 0.05) is 13.2 Å². The van der Waals surface area contributed by atoms with Crippen LogP contribution in [0.1, 0.15) is 38.0 Å². The Hall–Kier alpha value is -0.350. The summed E-state index contributed by atoms with van der Waals surface area (Å²) in [5.74, 6) is 0. The standard InChI is InChI=1S/C10H15BrN2O/c1-2-13-10(8(11)7-12-13)9-5-3-4-6-14-9/h7,9H,2-6H2,1H3. The molecule has 1 aromatic heterocycles. The van der Waals surface area contributed by atoms with Gasteiger partial charge in [-0.2, -0.15) is 5.10 Å². The molecule has 78 valence electrons. The zero-order valence-corrected chi connectivity index (χ0v) is 9.96. The van der Waals surface area contributed by atoms with Crippen molar-refractivity contribution >= 4 is 15.9 Å². The summed E-state index contributed by atoms with van der Waals surface area (Å²) in [5, 5.41) is 4.30. The van der Waals surface area contributed by atoms with E-state index < -0.39 is 0 Å². The molecule has 0 amide bonds. The lowest BCUT2D eigenvalue weighted by molar-refractivity contribution is 0.00912. The van der Waals surface area contributed by atoms with Gasteiger partial charge in [0.2, 0.25) is 0 Å². The van der Waals surface area contributed by atoms with Gasteiger partial charge in [0.25, 0.3) is 0 Å². The average molecular weight is 259 g/mol. The van der Waals surface area contributed by atoms with Crippen LogP contribution in [-0.4, -0.2) is 16.4 Å². The molecule has 0 N–H and O–H groups in total. The molecule has 1 fully saturated rings. The minimum Gasteiger partial charge on any atom is -0.372 e. The predicted molar refractivity (Wildman–Crippen MR) is 58.1 cm³/mol. The van der Waals surface area contributed by atoms with Gasteiger partial charge < -0.3 is 4.74 Å². The third-order valence-electron chi connectivity index (χ3n) is 2.62. The molecular formula is C10H15BrN2O. The molecule has 1 unspecified atom stereocenters. The average Bonchev–Trinajstić information content (AvgIpc) is 2.61. The minimum absolute atomic E-state index is 0.237. The van der Waals surface area contributed by atoms with E-state index in [4.69, 9.17) is 4.74 Å². The van der Waals surface area contributed by atoms with Gasteiger partial charge in [0.15, 0.2) is 0 Å². The summed E-state index contributed by atoms with van der Waals surface area (Å²) >= 11 is 3.53. The van der Waals surface area contributed by atoms with Crippen LogP contribution in [0.3, 0.4) is 0 Å². The van der Waals surface area contributed by atoms with Crippen molar-refractivity contribution in [2.75, 3.05) is 6.61 Å². The van der Waals surface area contributed by atoms with Gasteiger partial charge in [-0.3, -0.25) is 4.68 Å². The highest BCUT2D eigenvalue weighted by atomic mass is 79.9. The van der Waals surface area contributed by atoms with Crippen LogP contribution in [0.15, 0.2) is 10.7 Å². The fourth-order valence-corrected chi connectivity index (χ4v) is 2.45. The molecule has 14 heavy (non-hydrogen) atoms. The Morgan fingerprint density at radius 3 is 3.14 bits per heavy atom. The Labute approximate surface area is 92.6 Å². The smallest absolute Gasteiger partial charge is 0.100 e. The highest BCUT2D eigenvalue weighted by Crippen LogP contribution is 2.32. The molecule has 1 aromatic rings. The van der Waals surface area contributed by atoms with Gasteiger partial charge >= 0.3 is 0 Å². The van der Waals surface area contributed by atoms with Gasteiger partial charge in [-0.05, 0) is 42.1 Å². The number of nitrogens with zero attached hydrogens (tertiary/aromatic N) is 2. The van der Waals surface area contributed by atoms with Crippen LogP contribution in [0.25, 0.3) is 0 Å². The van der Waals surface area contributed by atoms with Gasteiger partial charge in [-0.15, -0.1) is 0 Å². The van der Waals surface area contributed by atoms with Crippen LogP contribution in [0.4, 0.5) is 0 Å². The first kappa shape index (κ1) is 10.2. The maximum atomic E-state index is 5.75. The second-order valence-corrected chi connectivity index (χ2v) is 4.40. The van der Waals surface area contributed by atoms with Crippen molar-refractivity contribution in [2.24, 2.45) is 0 Å². The third kappa shape index (κ3) is 1.86. The van der Waals surface area contributed by atoms with E-state index in [1.165, 1.54) is 18.5 Å². The Balaban J connectivity index is 2.23. The van der Waals surface area contributed by atoms with Crippen LogP contribution in [-0.2, 0) is 11.3 Å². The molecule has 0 spiro atoms. The largest absolute Gasteiger partial charge is 0.372 e. The van der Waals surface area contributed by atoms with Crippen LogP contribution < -0.4 is 0 Å². The van der Waals surface area contributed by atoms with E-state index in [0.717, 1.165) is 24.0 Å². The lowest BCUT2D eigenvalue weighted by atomic mass is 10.1. The van der Waals surface area contributed by atoms with E-state index >= 15 is 0 Å². The van der Waals surface area contributed by atoms with Crippen molar-refractivity contribution in [3.63, 3.8) is 0 Å². The molecular weight excluding hydrogens is 244 g/mol. The summed E-state index contributed by atoms with van der Waals surface area (Å²) in [5.41, 5.74) is 1.20. The molecule has 2 rings (SSSR count). The molecule has 3 nitrogen and oxygen atoms in total. The zero-order chi connectivity index (χ0) is 9.97. The summed E-state index contributed by atoms with van der Waals surface area (Å²) in [6.07, 6.45) is 5.65. The van der Waals surface area contributed by atoms with Crippen LogP contribution >= 0.6 is 15.9 Å². The normalized spacial score (nSPS) is 22.6. The molecule has 1 saturated heterocycles. The molecule has 4 heteroatoms. The second kappa shape index (κ2) is 4.45. The summed E-state index contributed by atoms with van der Waals surface area (Å²) < 4.78 is 8.84. The van der Waals surface area contributed by atoms with E-state index in [-0.39, 0.29) is 6.10 Å². The van der Waals surface area contributed by atoms with Crippen molar-refractivity contribution in [1.29, 1.82) is 0 Å². The molecule has 0 bridgehead atoms. The Morgan fingerprint density at radius 1 is 1.64 bits per heavy atom. The van der Waals surface area contributed by atoms with Crippen LogP contribution in [0.2, 0.25) is 0 Å². The molecule has 1 atom stereocenters. The number of halogens is 1. The van der Waals surface area contributed by atoms with Crippen LogP contribution in [0, 0.1) is 0 Å². The fourth-order valence-electron chi connectivity index (χ4n) is 1.90. The maximum Gasteiger partial charge on any atom is 0.100 e. The van der Waals surface area contributed by atoms with Crippen molar-refractivity contribution in [2.45, 2.75) is 38.8 Å². The molecule has 2 heterocycles. The lowest BCUT2D eigenvalue weighted by Crippen LogP contribution is -2.16. The third-order valence-corrected chi connectivity index (χ3v) is 3.23. The highest BCUT2D eigenvalue weighted by Gasteiger charge is 2.22. The Kier molecular flexibility index (Phi) is 3.23. The van der Waals surface area contributed by atoms with E-state index in [1.807, 2.05) is 10.9 Å². The molecule has 1 aliphatic rings. The SMILES string of the molecule is CCn1ncc(Br)c1C1CCCCO1. The van der Waals surface area contributed by atoms with E-state index in [9.17, 15) is 0 Å². The van der Waals surface area contributed by atoms with Gasteiger partial charge in [-0.25, -0.2) is 0 Å². The number of aryl methyl sites for hydroxylation is 1. The van der Waals surface area contributed by atoms with Gasteiger partial charge in [-0.1, -0.05) is 0 Å². The zero-order valence-electron chi connectivity index (χ0n) is 8.37. The van der Waals surface area contributed by atoms with Crippen molar-refractivity contribution in [1.82, 2.24) is 9.78 Å². The minimum atomic E-state index is 0.237. The maximum absolute atomic E-state index is 5.75. The van der Waals surface area contributed by atoms with E-state index in [0.29, 0.717) is 0 Å². The van der Waals surface area contributed by atoms with Gasteiger partial charge in [0.05, 0.1) is 16.4 Å². The molecule has 0 saturated carbocycles. The summed E-state index contributed by atoms with van der Waals surface area (Å²) in [6.45, 7) is 3.89. The number of hydrogen-bond acceptors (Lipinski definition) is 2. The highest BCUT2D eigenvalue weighted by molar-refractivity contribution is 9.10. The number of aromatic nitrogens is 2. The first-order valence-electron chi connectivity index (χ1n) is 5.15. The number of ether oxygens (including phenoxy) is 1.